The molecule has 2 aromatic heterocycles. The van der Waals surface area contributed by atoms with Crippen LogP contribution in [0.1, 0.15) is 41.5 Å². The molecule has 0 spiro atoms. The smallest absolute Gasteiger partial charge is 0.196 e. The van der Waals surface area contributed by atoms with Crippen molar-refractivity contribution < 1.29 is 9.90 Å². The van der Waals surface area contributed by atoms with Crippen LogP contribution in [0.3, 0.4) is 0 Å². The minimum Gasteiger partial charge on any atom is -0.380 e. The molecule has 2 nitrogen and oxygen atoms in total. The second kappa shape index (κ2) is 4.96. The van der Waals surface area contributed by atoms with Gasteiger partial charge in [0, 0.05) is 30.6 Å². The van der Waals surface area contributed by atoms with E-state index in [4.69, 9.17) is 0 Å². The molecule has 0 fully saturated rings. The molecule has 1 atom stereocenters. The zero-order chi connectivity index (χ0) is 13.4. The minimum atomic E-state index is -1.04. The maximum absolute atomic E-state index is 12.3. The van der Waals surface area contributed by atoms with Gasteiger partial charge in [0.25, 0.3) is 0 Å². The Hall–Kier alpha value is -0.970. The number of aliphatic hydroxyl groups excluding tert-OH is 1. The van der Waals surface area contributed by atoms with E-state index < -0.39 is 6.10 Å². The number of carbonyl (C=O) groups excluding carboxylic acids is 1. The largest absolute Gasteiger partial charge is 0.380 e. The molecule has 18 heavy (non-hydrogen) atoms. The van der Waals surface area contributed by atoms with Crippen LogP contribution in [0, 0.1) is 27.7 Å². The van der Waals surface area contributed by atoms with Gasteiger partial charge in [-0.05, 0) is 39.8 Å². The molecule has 2 aromatic rings. The predicted molar refractivity (Wildman–Crippen MR) is 76.9 cm³/mol. The fraction of sp³-hybridized carbons (Fsp3) is 0.357. The van der Waals surface area contributed by atoms with Crippen molar-refractivity contribution >= 4 is 28.5 Å². The average molecular weight is 280 g/mol. The molecular weight excluding hydrogens is 264 g/mol. The number of rotatable bonds is 3. The monoisotopic (exact) mass is 280 g/mol. The van der Waals surface area contributed by atoms with E-state index in [-0.39, 0.29) is 5.78 Å². The lowest BCUT2D eigenvalue weighted by Gasteiger charge is -2.09. The third-order valence-corrected chi connectivity index (χ3v) is 4.88. The maximum Gasteiger partial charge on any atom is 0.196 e. The zero-order valence-electron chi connectivity index (χ0n) is 10.9. The van der Waals surface area contributed by atoms with Gasteiger partial charge in [0.15, 0.2) is 5.78 Å². The molecule has 0 saturated heterocycles. The van der Waals surface area contributed by atoms with Crippen LogP contribution in [0.4, 0.5) is 0 Å². The Balaban J connectivity index is 2.35. The van der Waals surface area contributed by atoms with E-state index in [1.165, 1.54) is 0 Å². The number of ketones is 1. The summed E-state index contributed by atoms with van der Waals surface area (Å²) in [5.41, 5.74) is 1.39. The Labute approximate surface area is 115 Å². The molecule has 1 N–H and O–H groups in total. The lowest BCUT2D eigenvalue weighted by atomic mass is 10.0. The van der Waals surface area contributed by atoms with Crippen molar-refractivity contribution in [3.05, 3.63) is 42.8 Å². The van der Waals surface area contributed by atoms with E-state index in [0.29, 0.717) is 5.56 Å². The standard InChI is InChI=1S/C14H16O2S2/c1-7-5-11(9(3)17-7)13(15)14(16)12-6-8(2)18-10(12)4/h5-6,13,15H,1-4H3/t13-/m0/s1. The molecule has 0 aliphatic carbocycles. The van der Waals surface area contributed by atoms with Crippen molar-refractivity contribution in [2.24, 2.45) is 0 Å². The summed E-state index contributed by atoms with van der Waals surface area (Å²) in [4.78, 5) is 16.5. The van der Waals surface area contributed by atoms with E-state index in [1.54, 1.807) is 22.7 Å². The third-order valence-electron chi connectivity index (χ3n) is 2.93. The Bertz CT molecular complexity index is 593. The number of aryl methyl sites for hydroxylation is 4. The first-order valence-corrected chi connectivity index (χ1v) is 7.39. The molecule has 96 valence electrons. The summed E-state index contributed by atoms with van der Waals surface area (Å²) >= 11 is 3.20. The van der Waals surface area contributed by atoms with Crippen molar-refractivity contribution in [2.75, 3.05) is 0 Å². The van der Waals surface area contributed by atoms with Crippen LogP contribution in [0.2, 0.25) is 0 Å². The topological polar surface area (TPSA) is 37.3 Å². The normalized spacial score (nSPS) is 12.7. The van der Waals surface area contributed by atoms with Crippen LogP contribution in [-0.4, -0.2) is 10.9 Å². The van der Waals surface area contributed by atoms with E-state index >= 15 is 0 Å². The summed E-state index contributed by atoms with van der Waals surface area (Å²) < 4.78 is 0. The third kappa shape index (κ3) is 2.41. The van der Waals surface area contributed by atoms with Crippen LogP contribution in [0.15, 0.2) is 12.1 Å². The van der Waals surface area contributed by atoms with Gasteiger partial charge in [-0.1, -0.05) is 0 Å². The van der Waals surface area contributed by atoms with Gasteiger partial charge >= 0.3 is 0 Å². The van der Waals surface area contributed by atoms with Crippen molar-refractivity contribution in [1.82, 2.24) is 0 Å². The predicted octanol–water partition coefficient (Wildman–Crippen LogP) is 3.96. The number of hydrogen-bond acceptors (Lipinski definition) is 4. The van der Waals surface area contributed by atoms with Crippen molar-refractivity contribution in [1.29, 1.82) is 0 Å². The van der Waals surface area contributed by atoms with Gasteiger partial charge in [0.05, 0.1) is 0 Å². The molecule has 0 bridgehead atoms. The van der Waals surface area contributed by atoms with Crippen LogP contribution in [0.5, 0.6) is 0 Å². The van der Waals surface area contributed by atoms with Crippen LogP contribution < -0.4 is 0 Å². The van der Waals surface area contributed by atoms with Crippen molar-refractivity contribution in [3.63, 3.8) is 0 Å². The second-order valence-corrected chi connectivity index (χ2v) is 7.38. The van der Waals surface area contributed by atoms with E-state index in [2.05, 4.69) is 0 Å². The summed E-state index contributed by atoms with van der Waals surface area (Å²) in [6.07, 6.45) is -1.04. The highest BCUT2D eigenvalue weighted by atomic mass is 32.1. The van der Waals surface area contributed by atoms with Gasteiger partial charge in [-0.2, -0.15) is 0 Å². The first-order chi connectivity index (χ1) is 8.40. The van der Waals surface area contributed by atoms with Gasteiger partial charge in [-0.15, -0.1) is 22.7 Å². The molecule has 0 amide bonds. The summed E-state index contributed by atoms with van der Waals surface area (Å²) in [6, 6.07) is 3.76. The molecule has 2 rings (SSSR count). The van der Waals surface area contributed by atoms with Crippen molar-refractivity contribution in [2.45, 2.75) is 33.8 Å². The molecule has 0 aliphatic rings. The lowest BCUT2D eigenvalue weighted by molar-refractivity contribution is 0.0747. The van der Waals surface area contributed by atoms with Gasteiger partial charge in [0.1, 0.15) is 6.10 Å². The van der Waals surface area contributed by atoms with Gasteiger partial charge < -0.3 is 5.11 Å². The number of Topliss-reactive ketones (excluding diaryl/α,β-unsaturated/α-hetero) is 1. The fourth-order valence-corrected chi connectivity index (χ4v) is 3.97. The summed E-state index contributed by atoms with van der Waals surface area (Å²) in [6.45, 7) is 7.82. The Morgan fingerprint density at radius 2 is 1.61 bits per heavy atom. The van der Waals surface area contributed by atoms with Crippen LogP contribution in [0.25, 0.3) is 0 Å². The molecule has 0 aromatic carbocycles. The van der Waals surface area contributed by atoms with Crippen molar-refractivity contribution in [3.8, 4) is 0 Å². The molecule has 4 heteroatoms. The zero-order valence-corrected chi connectivity index (χ0v) is 12.5. The highest BCUT2D eigenvalue weighted by molar-refractivity contribution is 7.12. The first kappa shape index (κ1) is 13.5. The van der Waals surface area contributed by atoms with Crippen LogP contribution in [-0.2, 0) is 0 Å². The molecule has 0 aliphatic heterocycles. The maximum atomic E-state index is 12.3. The Kier molecular flexibility index (Phi) is 3.71. The van der Waals surface area contributed by atoms with E-state index in [1.807, 2.05) is 39.8 Å². The van der Waals surface area contributed by atoms with E-state index in [9.17, 15) is 9.90 Å². The highest BCUT2D eigenvalue weighted by Crippen LogP contribution is 2.31. The molecule has 0 saturated carbocycles. The van der Waals surface area contributed by atoms with Crippen LogP contribution >= 0.6 is 22.7 Å². The number of thiophene rings is 2. The summed E-state index contributed by atoms with van der Waals surface area (Å²) in [5.74, 6) is -0.197. The molecular formula is C14H16O2S2. The lowest BCUT2D eigenvalue weighted by Crippen LogP contribution is -2.12. The quantitative estimate of drug-likeness (QED) is 0.864. The van der Waals surface area contributed by atoms with Gasteiger partial charge in [-0.3, -0.25) is 4.79 Å². The minimum absolute atomic E-state index is 0.197. The number of hydrogen-bond donors (Lipinski definition) is 1. The SMILES string of the molecule is Cc1cc(C(=O)[C@@H](O)c2cc(C)sc2C)c(C)s1. The average Bonchev–Trinajstić information content (AvgIpc) is 2.79. The number of carbonyl (C=O) groups is 1. The van der Waals surface area contributed by atoms with Gasteiger partial charge in [-0.25, -0.2) is 0 Å². The highest BCUT2D eigenvalue weighted by Gasteiger charge is 2.24. The first-order valence-electron chi connectivity index (χ1n) is 5.76. The Morgan fingerprint density at radius 1 is 1.06 bits per heavy atom. The fourth-order valence-electron chi connectivity index (χ4n) is 2.09. The van der Waals surface area contributed by atoms with E-state index in [0.717, 1.165) is 25.1 Å². The number of aliphatic hydroxyl groups is 1. The molecule has 0 unspecified atom stereocenters. The van der Waals surface area contributed by atoms with Gasteiger partial charge in [0.2, 0.25) is 0 Å². The molecule has 2 heterocycles. The molecule has 0 radical (unpaired) electrons. The Morgan fingerprint density at radius 3 is 2.06 bits per heavy atom. The second-order valence-electron chi connectivity index (χ2n) is 4.46. The summed E-state index contributed by atoms with van der Waals surface area (Å²) in [7, 11) is 0. The summed E-state index contributed by atoms with van der Waals surface area (Å²) in [5, 5.41) is 10.2.